The molecule has 7 nitrogen and oxygen atoms in total. The van der Waals surface area contributed by atoms with Gasteiger partial charge in [-0.05, 0) is 6.92 Å². The molecule has 17 heavy (non-hydrogen) atoms. The number of pyridine rings is 1. The van der Waals surface area contributed by atoms with E-state index < -0.39 is 14.4 Å². The van der Waals surface area contributed by atoms with Gasteiger partial charge >= 0.3 is 7.82 Å². The number of nitrogens with zero attached hydrogens (tertiary/aromatic N) is 1. The van der Waals surface area contributed by atoms with E-state index in [1.54, 1.807) is 0 Å². The number of hydrogen-bond acceptors (Lipinski definition) is 5. The van der Waals surface area contributed by atoms with E-state index in [1.165, 1.54) is 13.1 Å². The van der Waals surface area contributed by atoms with Crippen molar-refractivity contribution < 1.29 is 48.3 Å². The fourth-order valence-corrected chi connectivity index (χ4v) is 1.36. The van der Waals surface area contributed by atoms with Crippen molar-refractivity contribution in [3.8, 4) is 5.75 Å². The third kappa shape index (κ3) is 4.62. The van der Waals surface area contributed by atoms with Gasteiger partial charge in [-0.3, -0.25) is 14.3 Å². The summed E-state index contributed by atoms with van der Waals surface area (Å²) in [5.74, 6) is -0.318. The Kier molecular flexibility index (Phi) is 6.09. The van der Waals surface area contributed by atoms with Gasteiger partial charge in [-0.2, -0.15) is 0 Å². The maximum atomic E-state index is 10.7. The van der Waals surface area contributed by atoms with E-state index in [0.29, 0.717) is 6.29 Å². The molecular weight excluding hydrogens is 302 g/mol. The zero-order valence-corrected chi connectivity index (χ0v) is 12.9. The van der Waals surface area contributed by atoms with Gasteiger partial charge in [-0.15, -0.1) is 0 Å². The molecular formula is C8H10NO6PZn. The van der Waals surface area contributed by atoms with Crippen molar-refractivity contribution in [3.63, 3.8) is 0 Å². The van der Waals surface area contributed by atoms with Crippen LogP contribution in [-0.4, -0.2) is 26.2 Å². The SMILES string of the molecule is Cc1ncc(COP(=O)(O)O)c(C=O)c1O.[Zn]. The maximum Gasteiger partial charge on any atom is 0.469 e. The van der Waals surface area contributed by atoms with Crippen LogP contribution in [0.3, 0.4) is 0 Å². The molecule has 0 aliphatic heterocycles. The van der Waals surface area contributed by atoms with Crippen molar-refractivity contribution in [1.82, 2.24) is 4.98 Å². The smallest absolute Gasteiger partial charge is 0.469 e. The summed E-state index contributed by atoms with van der Waals surface area (Å²) in [4.78, 5) is 31.4. The summed E-state index contributed by atoms with van der Waals surface area (Å²) in [7, 11) is -4.61. The average Bonchev–Trinajstić information content (AvgIpc) is 2.18. The largest absolute Gasteiger partial charge is 0.505 e. The standard InChI is InChI=1S/C8H10NO6P.Zn/c1-5-8(11)7(3-10)6(2-9-5)4-15-16(12,13)14;/h2-3,11H,4H2,1H3,(H2,12,13,14);. The summed E-state index contributed by atoms with van der Waals surface area (Å²) in [5.41, 5.74) is 0.282. The van der Waals surface area contributed by atoms with Gasteiger partial charge < -0.3 is 14.9 Å². The first-order valence-electron chi connectivity index (χ1n) is 4.18. The van der Waals surface area contributed by atoms with Crippen LogP contribution in [0.2, 0.25) is 0 Å². The van der Waals surface area contributed by atoms with Crippen LogP contribution in [0.15, 0.2) is 6.20 Å². The van der Waals surface area contributed by atoms with Gasteiger partial charge in [-0.1, -0.05) is 0 Å². The first kappa shape index (κ1) is 16.4. The van der Waals surface area contributed by atoms with E-state index in [0.717, 1.165) is 0 Å². The Morgan fingerprint density at radius 1 is 1.53 bits per heavy atom. The van der Waals surface area contributed by atoms with Crippen LogP contribution in [0.1, 0.15) is 21.6 Å². The molecule has 1 heterocycles. The molecule has 0 fully saturated rings. The quantitative estimate of drug-likeness (QED) is 0.421. The first-order valence-corrected chi connectivity index (χ1v) is 5.71. The van der Waals surface area contributed by atoms with Gasteiger partial charge in [0.05, 0.1) is 17.9 Å². The van der Waals surface area contributed by atoms with Crippen molar-refractivity contribution in [2.75, 3.05) is 0 Å². The van der Waals surface area contributed by atoms with E-state index in [4.69, 9.17) is 9.79 Å². The molecule has 9 heteroatoms. The summed E-state index contributed by atoms with van der Waals surface area (Å²) in [6.07, 6.45) is 1.59. The normalized spacial score (nSPS) is 10.8. The summed E-state index contributed by atoms with van der Waals surface area (Å²) in [6, 6.07) is 0. The number of aromatic hydroxyl groups is 1. The Labute approximate surface area is 110 Å². The molecule has 0 aliphatic carbocycles. The van der Waals surface area contributed by atoms with Crippen molar-refractivity contribution >= 4 is 14.1 Å². The molecule has 0 unspecified atom stereocenters. The van der Waals surface area contributed by atoms with Crippen molar-refractivity contribution in [1.29, 1.82) is 0 Å². The van der Waals surface area contributed by atoms with E-state index in [-0.39, 0.29) is 42.0 Å². The molecule has 0 saturated carbocycles. The Balaban J connectivity index is 0.00000256. The second-order valence-corrected chi connectivity index (χ2v) is 4.25. The second-order valence-electron chi connectivity index (χ2n) is 3.01. The third-order valence-electron chi connectivity index (χ3n) is 1.86. The van der Waals surface area contributed by atoms with Crippen molar-refractivity contribution in [3.05, 3.63) is 23.0 Å². The molecule has 0 radical (unpaired) electrons. The number of carbonyl (C=O) groups excluding carboxylic acids is 1. The molecule has 0 saturated heterocycles. The molecule has 3 N–H and O–H groups in total. The summed E-state index contributed by atoms with van der Waals surface area (Å²) in [5, 5.41) is 9.46. The molecule has 0 atom stereocenters. The summed E-state index contributed by atoms with van der Waals surface area (Å²) < 4.78 is 14.7. The van der Waals surface area contributed by atoms with E-state index in [9.17, 15) is 14.5 Å². The number of aromatic nitrogens is 1. The zero-order chi connectivity index (χ0) is 12.3. The Morgan fingerprint density at radius 2 is 2.12 bits per heavy atom. The van der Waals surface area contributed by atoms with Crippen molar-refractivity contribution in [2.24, 2.45) is 0 Å². The minimum absolute atomic E-state index is 0. The van der Waals surface area contributed by atoms with Crippen LogP contribution in [0, 0.1) is 6.92 Å². The van der Waals surface area contributed by atoms with Crippen LogP contribution < -0.4 is 0 Å². The molecule has 1 aromatic rings. The van der Waals surface area contributed by atoms with Gasteiger partial charge in [0, 0.05) is 31.2 Å². The van der Waals surface area contributed by atoms with Gasteiger partial charge in [0.25, 0.3) is 0 Å². The molecule has 0 aromatic carbocycles. The third-order valence-corrected chi connectivity index (χ3v) is 2.33. The van der Waals surface area contributed by atoms with Gasteiger partial charge in [-0.25, -0.2) is 4.57 Å². The number of aldehydes is 1. The molecule has 1 rings (SSSR count). The Bertz CT molecular complexity index is 460. The number of hydrogen-bond donors (Lipinski definition) is 3. The average molecular weight is 313 g/mol. The predicted molar refractivity (Wildman–Crippen MR) is 52.9 cm³/mol. The minimum Gasteiger partial charge on any atom is -0.505 e. The molecule has 0 bridgehead atoms. The number of phosphoric ester groups is 1. The van der Waals surface area contributed by atoms with Crippen LogP contribution in [0.4, 0.5) is 0 Å². The fourth-order valence-electron chi connectivity index (χ4n) is 1.05. The fraction of sp³-hybridized carbons (Fsp3) is 0.250. The summed E-state index contributed by atoms with van der Waals surface area (Å²) in [6.45, 7) is 0.995. The van der Waals surface area contributed by atoms with Gasteiger partial charge in [0.1, 0.15) is 5.75 Å². The topological polar surface area (TPSA) is 117 Å². The minimum atomic E-state index is -4.61. The molecule has 0 spiro atoms. The Morgan fingerprint density at radius 3 is 2.59 bits per heavy atom. The van der Waals surface area contributed by atoms with Crippen molar-refractivity contribution in [2.45, 2.75) is 13.5 Å². The van der Waals surface area contributed by atoms with Crippen LogP contribution >= 0.6 is 7.82 Å². The maximum absolute atomic E-state index is 10.7. The second kappa shape index (κ2) is 6.33. The molecule has 90 valence electrons. The Hall–Kier alpha value is -0.647. The summed E-state index contributed by atoms with van der Waals surface area (Å²) >= 11 is 0. The predicted octanol–water partition coefficient (Wildman–Crippen LogP) is 0.515. The van der Waals surface area contributed by atoms with Gasteiger partial charge in [0.2, 0.25) is 0 Å². The van der Waals surface area contributed by atoms with Crippen LogP contribution in [0.25, 0.3) is 0 Å². The zero-order valence-electron chi connectivity index (χ0n) is 9.03. The van der Waals surface area contributed by atoms with E-state index in [2.05, 4.69) is 9.51 Å². The van der Waals surface area contributed by atoms with E-state index >= 15 is 0 Å². The molecule has 0 aliphatic rings. The number of rotatable bonds is 4. The number of aryl methyl sites for hydroxylation is 1. The monoisotopic (exact) mass is 311 g/mol. The molecule has 0 amide bonds. The van der Waals surface area contributed by atoms with Gasteiger partial charge in [0.15, 0.2) is 6.29 Å². The van der Waals surface area contributed by atoms with Crippen LogP contribution in [-0.2, 0) is 35.2 Å². The van der Waals surface area contributed by atoms with E-state index in [1.807, 2.05) is 0 Å². The number of phosphoric acid groups is 1. The number of carbonyl (C=O) groups is 1. The first-order chi connectivity index (χ1) is 7.35. The van der Waals surface area contributed by atoms with Crippen LogP contribution in [0.5, 0.6) is 5.75 Å². The molecule has 1 aromatic heterocycles.